The molecule has 0 bridgehead atoms. The summed E-state index contributed by atoms with van der Waals surface area (Å²) in [7, 11) is 1.71. The highest BCUT2D eigenvalue weighted by molar-refractivity contribution is 5.79. The number of ether oxygens (including phenoxy) is 1. The van der Waals surface area contributed by atoms with Crippen molar-refractivity contribution in [3.8, 4) is 22.4 Å². The van der Waals surface area contributed by atoms with Crippen LogP contribution in [0, 0.1) is 11.7 Å². The maximum absolute atomic E-state index is 13.8. The third-order valence-electron chi connectivity index (χ3n) is 8.72. The predicted octanol–water partition coefficient (Wildman–Crippen LogP) is 6.68. The number of halogens is 4. The van der Waals surface area contributed by atoms with Crippen LogP contribution in [-0.2, 0) is 22.3 Å². The molecule has 1 amide bonds. The monoisotopic (exact) mass is 594 g/mol. The van der Waals surface area contributed by atoms with Crippen molar-refractivity contribution in [3.05, 3.63) is 83.9 Å². The first-order valence-electron chi connectivity index (χ1n) is 14.7. The Morgan fingerprint density at radius 3 is 2.42 bits per heavy atom. The lowest BCUT2D eigenvalue weighted by atomic mass is 9.86. The van der Waals surface area contributed by atoms with Crippen LogP contribution in [0.5, 0.6) is 0 Å². The highest BCUT2D eigenvalue weighted by Crippen LogP contribution is 2.34. The minimum atomic E-state index is -4.44. The van der Waals surface area contributed by atoms with Crippen molar-refractivity contribution in [2.24, 2.45) is 5.92 Å². The second kappa shape index (κ2) is 12.1. The molecular formula is C33H34F4N4O2. The van der Waals surface area contributed by atoms with Gasteiger partial charge in [-0.05, 0) is 78.9 Å². The van der Waals surface area contributed by atoms with Gasteiger partial charge in [-0.2, -0.15) is 13.2 Å². The van der Waals surface area contributed by atoms with Crippen molar-refractivity contribution in [2.45, 2.75) is 44.5 Å². The SMILES string of the molecule is CO[C@@H]1CCC[C@H](C(=O)N2CCN(Cc3c(-c4ccc(F)cc4)nc4ccc(-c5cccc(C(F)(F)F)c5)cn34)CC2)C1. The van der Waals surface area contributed by atoms with Gasteiger partial charge < -0.3 is 14.0 Å². The zero-order valence-corrected chi connectivity index (χ0v) is 24.0. The van der Waals surface area contributed by atoms with Crippen LogP contribution < -0.4 is 0 Å². The van der Waals surface area contributed by atoms with Gasteiger partial charge in [-0.1, -0.05) is 18.6 Å². The van der Waals surface area contributed by atoms with E-state index in [4.69, 9.17) is 9.72 Å². The standard InChI is InChI=1S/C33H34F4N4O2/c1-43-28-7-3-5-24(19-28)32(42)40-16-14-39(15-17-40)21-29-31(22-8-11-27(34)12-9-22)38-30-13-10-25(20-41(29)30)23-4-2-6-26(18-23)33(35,36)37/h2,4,6,8-13,18,20,24,28H,3,5,7,14-17,19,21H2,1H3/t24-,28+/m0/s1. The number of rotatable bonds is 6. The van der Waals surface area contributed by atoms with E-state index in [1.54, 1.807) is 37.4 Å². The number of aromatic nitrogens is 2. The Morgan fingerprint density at radius 1 is 0.953 bits per heavy atom. The molecule has 6 nitrogen and oxygen atoms in total. The van der Waals surface area contributed by atoms with Crippen LogP contribution in [0.3, 0.4) is 0 Å². The zero-order valence-electron chi connectivity index (χ0n) is 24.0. The maximum atomic E-state index is 13.8. The highest BCUT2D eigenvalue weighted by Gasteiger charge is 2.33. The molecule has 226 valence electrons. The molecule has 2 aromatic carbocycles. The number of alkyl halides is 3. The average molecular weight is 595 g/mol. The fraction of sp³-hybridized carbons (Fsp3) is 0.394. The molecule has 3 heterocycles. The molecule has 1 aliphatic heterocycles. The van der Waals surface area contributed by atoms with E-state index in [-0.39, 0.29) is 23.7 Å². The summed E-state index contributed by atoms with van der Waals surface area (Å²) in [5, 5.41) is 0. The minimum absolute atomic E-state index is 0.00312. The third kappa shape index (κ3) is 6.31. The van der Waals surface area contributed by atoms with E-state index in [1.807, 2.05) is 15.5 Å². The molecule has 2 aliphatic rings. The number of nitrogens with zero attached hydrogens (tertiary/aromatic N) is 4. The fourth-order valence-electron chi connectivity index (χ4n) is 6.31. The molecule has 43 heavy (non-hydrogen) atoms. The number of amides is 1. The van der Waals surface area contributed by atoms with Gasteiger partial charge in [0.25, 0.3) is 0 Å². The van der Waals surface area contributed by atoms with E-state index in [0.29, 0.717) is 55.2 Å². The van der Waals surface area contributed by atoms with Gasteiger partial charge in [0.05, 0.1) is 23.1 Å². The Labute approximate surface area is 247 Å². The molecule has 0 N–H and O–H groups in total. The topological polar surface area (TPSA) is 50.1 Å². The maximum Gasteiger partial charge on any atom is 0.416 e. The van der Waals surface area contributed by atoms with Crippen molar-refractivity contribution >= 4 is 11.6 Å². The zero-order chi connectivity index (χ0) is 30.1. The lowest BCUT2D eigenvalue weighted by molar-refractivity contribution is -0.140. The molecule has 2 atom stereocenters. The second-order valence-electron chi connectivity index (χ2n) is 11.5. The van der Waals surface area contributed by atoms with E-state index in [1.165, 1.54) is 18.2 Å². The van der Waals surface area contributed by atoms with Crippen LogP contribution in [0.15, 0.2) is 66.9 Å². The lowest BCUT2D eigenvalue weighted by Crippen LogP contribution is -2.50. The Hall–Kier alpha value is -3.76. The average Bonchev–Trinajstić information content (AvgIpc) is 3.38. The normalized spacial score (nSPS) is 20.1. The van der Waals surface area contributed by atoms with E-state index in [0.717, 1.165) is 49.1 Å². The third-order valence-corrected chi connectivity index (χ3v) is 8.72. The first-order chi connectivity index (χ1) is 20.7. The largest absolute Gasteiger partial charge is 0.416 e. The number of fused-ring (bicyclic) bond motifs is 1. The Morgan fingerprint density at radius 2 is 1.70 bits per heavy atom. The van der Waals surface area contributed by atoms with Crippen molar-refractivity contribution in [1.82, 2.24) is 19.2 Å². The quantitative estimate of drug-likeness (QED) is 0.234. The predicted molar refractivity (Wildman–Crippen MR) is 156 cm³/mol. The summed E-state index contributed by atoms with van der Waals surface area (Å²) < 4.78 is 61.5. The van der Waals surface area contributed by atoms with Crippen molar-refractivity contribution < 1.29 is 27.1 Å². The Bertz CT molecular complexity index is 1590. The molecule has 1 saturated carbocycles. The molecular weight excluding hydrogens is 560 g/mol. The summed E-state index contributed by atoms with van der Waals surface area (Å²) >= 11 is 0. The van der Waals surface area contributed by atoms with Gasteiger partial charge in [0.2, 0.25) is 5.91 Å². The molecule has 0 unspecified atom stereocenters. The summed E-state index contributed by atoms with van der Waals surface area (Å²) in [6.07, 6.45) is 1.18. The first kappa shape index (κ1) is 29.3. The summed E-state index contributed by atoms with van der Waals surface area (Å²) in [4.78, 5) is 22.3. The summed E-state index contributed by atoms with van der Waals surface area (Å²) in [6, 6.07) is 15.0. The van der Waals surface area contributed by atoms with Crippen LogP contribution >= 0.6 is 0 Å². The summed E-state index contributed by atoms with van der Waals surface area (Å²) in [6.45, 7) is 3.10. The Kier molecular flexibility index (Phi) is 8.24. The summed E-state index contributed by atoms with van der Waals surface area (Å²) in [5.41, 5.74) is 3.30. The molecule has 2 fully saturated rings. The molecule has 1 aliphatic carbocycles. The van der Waals surface area contributed by atoms with Crippen molar-refractivity contribution in [1.29, 1.82) is 0 Å². The van der Waals surface area contributed by atoms with Crippen LogP contribution in [0.25, 0.3) is 28.0 Å². The van der Waals surface area contributed by atoms with Crippen LogP contribution in [0.2, 0.25) is 0 Å². The number of hydrogen-bond acceptors (Lipinski definition) is 4. The number of hydrogen-bond donors (Lipinski definition) is 0. The van der Waals surface area contributed by atoms with Gasteiger partial charge in [-0.25, -0.2) is 9.37 Å². The first-order valence-corrected chi connectivity index (χ1v) is 14.7. The molecule has 6 rings (SSSR count). The Balaban J connectivity index is 1.27. The van der Waals surface area contributed by atoms with E-state index < -0.39 is 11.7 Å². The highest BCUT2D eigenvalue weighted by atomic mass is 19.4. The van der Waals surface area contributed by atoms with Gasteiger partial charge in [0, 0.05) is 57.5 Å². The number of piperazine rings is 1. The molecule has 4 aromatic rings. The van der Waals surface area contributed by atoms with E-state index in [9.17, 15) is 22.4 Å². The molecule has 0 spiro atoms. The van der Waals surface area contributed by atoms with Crippen LogP contribution in [0.4, 0.5) is 17.6 Å². The number of benzene rings is 2. The van der Waals surface area contributed by atoms with Crippen molar-refractivity contribution in [3.63, 3.8) is 0 Å². The van der Waals surface area contributed by atoms with Gasteiger partial charge in [0.1, 0.15) is 11.5 Å². The van der Waals surface area contributed by atoms with E-state index >= 15 is 0 Å². The molecule has 1 saturated heterocycles. The number of pyridine rings is 1. The summed E-state index contributed by atoms with van der Waals surface area (Å²) in [5.74, 6) is -0.145. The number of imidazole rings is 1. The van der Waals surface area contributed by atoms with Crippen molar-refractivity contribution in [2.75, 3.05) is 33.3 Å². The molecule has 10 heteroatoms. The number of carbonyl (C=O) groups excluding carboxylic acids is 1. The van der Waals surface area contributed by atoms with Gasteiger partial charge in [-0.3, -0.25) is 9.69 Å². The molecule has 2 aromatic heterocycles. The minimum Gasteiger partial charge on any atom is -0.381 e. The number of methoxy groups -OCH3 is 1. The van der Waals surface area contributed by atoms with E-state index in [2.05, 4.69) is 4.90 Å². The fourth-order valence-corrected chi connectivity index (χ4v) is 6.31. The second-order valence-corrected chi connectivity index (χ2v) is 11.5. The van der Waals surface area contributed by atoms with Gasteiger partial charge in [0.15, 0.2) is 0 Å². The van der Waals surface area contributed by atoms with Gasteiger partial charge >= 0.3 is 6.18 Å². The number of carbonyl (C=O) groups is 1. The smallest absolute Gasteiger partial charge is 0.381 e. The van der Waals surface area contributed by atoms with Crippen LogP contribution in [0.1, 0.15) is 36.9 Å². The van der Waals surface area contributed by atoms with Gasteiger partial charge in [-0.15, -0.1) is 0 Å². The molecule has 0 radical (unpaired) electrons. The lowest BCUT2D eigenvalue weighted by Gasteiger charge is -2.38. The van der Waals surface area contributed by atoms with Crippen LogP contribution in [-0.4, -0.2) is 64.5 Å².